The molecule has 1 aromatic carbocycles. The standard InChI is InChI=1S/C24H29N7O2/c1-3-30-21-10-18(5-4-17(21)12-25-30)31-23-19(13-26-31)27-22(20(14-32)28-23)29-8-6-24(7-9-29)11-16(2)33-15-24/h4-5,10,12-13,16,32H,3,6-9,11,14-15H2,1-2H3/t16-/m0/s1. The van der Waals surface area contributed by atoms with Crippen LogP contribution in [-0.2, 0) is 17.9 Å². The van der Waals surface area contributed by atoms with Gasteiger partial charge in [0.1, 0.15) is 11.2 Å². The molecule has 0 aliphatic carbocycles. The first kappa shape index (κ1) is 20.6. The van der Waals surface area contributed by atoms with Gasteiger partial charge in [-0.1, -0.05) is 0 Å². The lowest BCUT2D eigenvalue weighted by atomic mass is 9.77. The second-order valence-electron chi connectivity index (χ2n) is 9.43. The van der Waals surface area contributed by atoms with Gasteiger partial charge in [-0.05, 0) is 56.7 Å². The highest BCUT2D eigenvalue weighted by Gasteiger charge is 2.41. The number of hydrogen-bond acceptors (Lipinski definition) is 7. The number of rotatable bonds is 4. The molecule has 3 aromatic heterocycles. The molecule has 2 aliphatic heterocycles. The molecule has 1 atom stereocenters. The van der Waals surface area contributed by atoms with E-state index in [2.05, 4.69) is 35.0 Å². The van der Waals surface area contributed by atoms with Crippen LogP contribution >= 0.6 is 0 Å². The third kappa shape index (κ3) is 3.38. The van der Waals surface area contributed by atoms with Crippen molar-refractivity contribution in [1.82, 2.24) is 29.5 Å². The fourth-order valence-electron chi connectivity index (χ4n) is 5.45. The molecule has 2 saturated heterocycles. The van der Waals surface area contributed by atoms with E-state index in [-0.39, 0.29) is 6.61 Å². The molecule has 2 fully saturated rings. The molecule has 9 heteroatoms. The molecule has 1 N–H and O–H groups in total. The number of aryl methyl sites for hydroxylation is 1. The van der Waals surface area contributed by atoms with Gasteiger partial charge in [0.05, 0.1) is 42.9 Å². The lowest BCUT2D eigenvalue weighted by Crippen LogP contribution is -2.41. The minimum Gasteiger partial charge on any atom is -0.390 e. The molecule has 6 rings (SSSR count). The van der Waals surface area contributed by atoms with Crippen molar-refractivity contribution in [3.63, 3.8) is 0 Å². The fourth-order valence-corrected chi connectivity index (χ4v) is 5.45. The van der Waals surface area contributed by atoms with Gasteiger partial charge < -0.3 is 14.7 Å². The van der Waals surface area contributed by atoms with E-state index in [0.717, 1.165) is 73.4 Å². The molecule has 0 bridgehead atoms. The zero-order valence-electron chi connectivity index (χ0n) is 19.1. The molecule has 172 valence electrons. The minimum absolute atomic E-state index is 0.160. The van der Waals surface area contributed by atoms with Crippen LogP contribution in [0.25, 0.3) is 27.8 Å². The van der Waals surface area contributed by atoms with Crippen LogP contribution in [0, 0.1) is 5.41 Å². The highest BCUT2D eigenvalue weighted by molar-refractivity contribution is 5.82. The van der Waals surface area contributed by atoms with Crippen molar-refractivity contribution >= 4 is 27.9 Å². The number of aliphatic hydroxyl groups is 1. The predicted octanol–water partition coefficient (Wildman–Crippen LogP) is 3.07. The summed E-state index contributed by atoms with van der Waals surface area (Å²) in [4.78, 5) is 12.0. The first-order valence-electron chi connectivity index (χ1n) is 11.8. The second kappa shape index (κ2) is 7.78. The van der Waals surface area contributed by atoms with E-state index in [9.17, 15) is 5.11 Å². The average molecular weight is 448 g/mol. The Hall–Kier alpha value is -3.04. The molecule has 0 saturated carbocycles. The minimum atomic E-state index is -0.160. The summed E-state index contributed by atoms with van der Waals surface area (Å²) >= 11 is 0. The summed E-state index contributed by atoms with van der Waals surface area (Å²) in [5.41, 5.74) is 4.21. The van der Waals surface area contributed by atoms with Crippen LogP contribution in [0.3, 0.4) is 0 Å². The Kier molecular flexibility index (Phi) is 4.84. The smallest absolute Gasteiger partial charge is 0.182 e. The van der Waals surface area contributed by atoms with Gasteiger partial charge in [0.25, 0.3) is 0 Å². The Balaban J connectivity index is 1.34. The van der Waals surface area contributed by atoms with Gasteiger partial charge in [0.15, 0.2) is 11.5 Å². The van der Waals surface area contributed by atoms with Crippen molar-refractivity contribution in [1.29, 1.82) is 0 Å². The van der Waals surface area contributed by atoms with Gasteiger partial charge in [-0.25, -0.2) is 14.6 Å². The highest BCUT2D eigenvalue weighted by atomic mass is 16.5. The van der Waals surface area contributed by atoms with Gasteiger partial charge in [-0.2, -0.15) is 10.2 Å². The number of anilines is 1. The lowest BCUT2D eigenvalue weighted by Gasteiger charge is -2.39. The van der Waals surface area contributed by atoms with Crippen molar-refractivity contribution in [2.45, 2.75) is 52.4 Å². The molecule has 0 radical (unpaired) electrons. The van der Waals surface area contributed by atoms with Gasteiger partial charge in [-0.15, -0.1) is 0 Å². The van der Waals surface area contributed by atoms with E-state index in [0.29, 0.717) is 22.9 Å². The molecule has 4 aromatic rings. The number of nitrogens with zero attached hydrogens (tertiary/aromatic N) is 7. The maximum Gasteiger partial charge on any atom is 0.182 e. The number of benzene rings is 1. The number of ether oxygens (including phenoxy) is 1. The SMILES string of the molecule is CCn1ncc2ccc(-n3ncc4nc(N5CCC6(CC5)CO[C@@H](C)C6)c(CO)nc43)cc21. The largest absolute Gasteiger partial charge is 0.390 e. The third-order valence-electron chi connectivity index (χ3n) is 7.29. The number of aliphatic hydroxyl groups excluding tert-OH is 1. The predicted molar refractivity (Wildman–Crippen MR) is 125 cm³/mol. The molecule has 0 unspecified atom stereocenters. The second-order valence-corrected chi connectivity index (χ2v) is 9.43. The van der Waals surface area contributed by atoms with Crippen molar-refractivity contribution in [3.8, 4) is 5.69 Å². The monoisotopic (exact) mass is 447 g/mol. The average Bonchev–Trinajstić information content (AvgIpc) is 3.54. The lowest BCUT2D eigenvalue weighted by molar-refractivity contribution is 0.0975. The Labute approximate surface area is 192 Å². The topological polar surface area (TPSA) is 94.1 Å². The number of fused-ring (bicyclic) bond motifs is 2. The van der Waals surface area contributed by atoms with E-state index in [1.807, 2.05) is 23.0 Å². The van der Waals surface area contributed by atoms with Crippen LogP contribution < -0.4 is 4.90 Å². The Bertz CT molecular complexity index is 1320. The summed E-state index contributed by atoms with van der Waals surface area (Å²) in [5.74, 6) is 0.769. The summed E-state index contributed by atoms with van der Waals surface area (Å²) in [7, 11) is 0. The normalized spacial score (nSPS) is 20.5. The quantitative estimate of drug-likeness (QED) is 0.514. The summed E-state index contributed by atoms with van der Waals surface area (Å²) in [6.07, 6.45) is 7.26. The summed E-state index contributed by atoms with van der Waals surface area (Å²) in [6.45, 7) is 7.53. The molecule has 2 aliphatic rings. The van der Waals surface area contributed by atoms with Crippen LogP contribution in [-0.4, -0.2) is 60.4 Å². The Morgan fingerprint density at radius 3 is 2.73 bits per heavy atom. The molecule has 1 spiro atoms. The van der Waals surface area contributed by atoms with Crippen LogP contribution in [0.4, 0.5) is 5.82 Å². The van der Waals surface area contributed by atoms with Crippen LogP contribution in [0.5, 0.6) is 0 Å². The van der Waals surface area contributed by atoms with E-state index in [1.54, 1.807) is 10.9 Å². The first-order chi connectivity index (χ1) is 16.1. The molecule has 5 heterocycles. The Morgan fingerprint density at radius 2 is 2.00 bits per heavy atom. The summed E-state index contributed by atoms with van der Waals surface area (Å²) in [5, 5.41) is 20.2. The molecule has 9 nitrogen and oxygen atoms in total. The van der Waals surface area contributed by atoms with Gasteiger partial charge in [0, 0.05) is 25.0 Å². The molecular formula is C24H29N7O2. The number of piperidine rings is 1. The van der Waals surface area contributed by atoms with E-state index >= 15 is 0 Å². The van der Waals surface area contributed by atoms with Gasteiger partial charge >= 0.3 is 0 Å². The molecule has 33 heavy (non-hydrogen) atoms. The highest BCUT2D eigenvalue weighted by Crippen LogP contribution is 2.42. The van der Waals surface area contributed by atoms with E-state index in [4.69, 9.17) is 14.7 Å². The first-order valence-corrected chi connectivity index (χ1v) is 11.8. The Morgan fingerprint density at radius 1 is 1.15 bits per heavy atom. The molecule has 0 amide bonds. The van der Waals surface area contributed by atoms with Crippen LogP contribution in [0.2, 0.25) is 0 Å². The number of hydrogen-bond donors (Lipinski definition) is 1. The van der Waals surface area contributed by atoms with Crippen molar-refractivity contribution in [3.05, 3.63) is 36.3 Å². The van der Waals surface area contributed by atoms with Crippen molar-refractivity contribution in [2.24, 2.45) is 5.41 Å². The van der Waals surface area contributed by atoms with Crippen molar-refractivity contribution in [2.75, 3.05) is 24.6 Å². The molecular weight excluding hydrogens is 418 g/mol. The zero-order valence-corrected chi connectivity index (χ0v) is 19.1. The summed E-state index contributed by atoms with van der Waals surface area (Å²) in [6, 6.07) is 6.13. The zero-order chi connectivity index (χ0) is 22.6. The maximum atomic E-state index is 10.1. The third-order valence-corrected chi connectivity index (χ3v) is 7.29. The van der Waals surface area contributed by atoms with Crippen molar-refractivity contribution < 1.29 is 9.84 Å². The van der Waals surface area contributed by atoms with Crippen LogP contribution in [0.1, 0.15) is 38.8 Å². The van der Waals surface area contributed by atoms with E-state index < -0.39 is 0 Å². The van der Waals surface area contributed by atoms with Crippen LogP contribution in [0.15, 0.2) is 30.6 Å². The van der Waals surface area contributed by atoms with Gasteiger partial charge in [-0.3, -0.25) is 4.68 Å². The van der Waals surface area contributed by atoms with E-state index in [1.165, 1.54) is 0 Å². The number of aromatic nitrogens is 6. The summed E-state index contributed by atoms with van der Waals surface area (Å²) < 4.78 is 9.62. The van der Waals surface area contributed by atoms with Gasteiger partial charge in [0.2, 0.25) is 0 Å². The maximum absolute atomic E-state index is 10.1. The fraction of sp³-hybridized carbons (Fsp3) is 0.500.